The number of ether oxygens (including phenoxy) is 2. The highest BCUT2D eigenvalue weighted by atomic mass is 35.5. The average molecular weight is 375 g/mol. The molecule has 1 aliphatic heterocycles. The molecule has 1 N–H and O–H groups in total. The van der Waals surface area contributed by atoms with Gasteiger partial charge in [-0.2, -0.15) is 0 Å². The van der Waals surface area contributed by atoms with Gasteiger partial charge in [-0.3, -0.25) is 4.79 Å². The predicted molar refractivity (Wildman–Crippen MR) is 102 cm³/mol. The molecule has 1 aliphatic rings. The number of hydrogen-bond donors (Lipinski definition) is 1. The minimum absolute atomic E-state index is 0.0444. The van der Waals surface area contributed by atoms with Crippen molar-refractivity contribution in [3.05, 3.63) is 58.6 Å². The van der Waals surface area contributed by atoms with Crippen LogP contribution in [0.15, 0.2) is 42.5 Å². The third-order valence-corrected chi connectivity index (χ3v) is 5.00. The quantitative estimate of drug-likeness (QED) is 0.873. The summed E-state index contributed by atoms with van der Waals surface area (Å²) in [6, 6.07) is 13.1. The molecule has 2 aromatic rings. The van der Waals surface area contributed by atoms with Crippen LogP contribution in [0.25, 0.3) is 0 Å². The second-order valence-electron chi connectivity index (χ2n) is 6.18. The summed E-state index contributed by atoms with van der Waals surface area (Å²) in [6.45, 7) is 2.09. The van der Waals surface area contributed by atoms with Crippen molar-refractivity contribution in [3.63, 3.8) is 0 Å². The lowest BCUT2D eigenvalue weighted by molar-refractivity contribution is -0.133. The third kappa shape index (κ3) is 3.94. The minimum atomic E-state index is -0.0819. The first-order valence-electron chi connectivity index (χ1n) is 8.59. The summed E-state index contributed by atoms with van der Waals surface area (Å²) in [6.07, 6.45) is 0.251. The van der Waals surface area contributed by atoms with Crippen LogP contribution in [0.5, 0.6) is 11.5 Å². The summed E-state index contributed by atoms with van der Waals surface area (Å²) in [7, 11) is 3.21. The Labute approximate surface area is 158 Å². The zero-order valence-corrected chi connectivity index (χ0v) is 15.8. The Balaban J connectivity index is 1.85. The second kappa shape index (κ2) is 8.43. The maximum atomic E-state index is 13.1. The Morgan fingerprint density at radius 2 is 2.04 bits per heavy atom. The van der Waals surface area contributed by atoms with E-state index in [4.69, 9.17) is 21.1 Å². The monoisotopic (exact) mass is 374 g/mol. The highest BCUT2D eigenvalue weighted by molar-refractivity contribution is 6.31. The molecule has 1 unspecified atom stereocenters. The third-order valence-electron chi connectivity index (χ3n) is 4.66. The summed E-state index contributed by atoms with van der Waals surface area (Å²) >= 11 is 6.37. The van der Waals surface area contributed by atoms with Crippen molar-refractivity contribution < 1.29 is 14.3 Å². The molecule has 6 heteroatoms. The van der Waals surface area contributed by atoms with Gasteiger partial charge in [-0.05, 0) is 29.8 Å². The predicted octanol–water partition coefficient (Wildman–Crippen LogP) is 3.07. The summed E-state index contributed by atoms with van der Waals surface area (Å²) in [5.74, 6) is 1.43. The van der Waals surface area contributed by atoms with E-state index in [0.29, 0.717) is 29.6 Å². The van der Waals surface area contributed by atoms with Gasteiger partial charge in [0.15, 0.2) is 0 Å². The molecular formula is C20H23ClN2O3. The standard InChI is InChI=1S/C20H23ClN2O3/c1-25-15-7-8-19(26-2)14(11-15)12-20(24)23-10-9-22-13-18(23)16-5-3-4-6-17(16)21/h3-8,11,18,22H,9-10,12-13H2,1-2H3. The molecule has 0 aromatic heterocycles. The largest absolute Gasteiger partial charge is 0.497 e. The van der Waals surface area contributed by atoms with E-state index in [1.54, 1.807) is 14.2 Å². The van der Waals surface area contributed by atoms with Crippen molar-refractivity contribution in [2.24, 2.45) is 0 Å². The number of methoxy groups -OCH3 is 2. The first-order valence-corrected chi connectivity index (χ1v) is 8.97. The zero-order valence-electron chi connectivity index (χ0n) is 15.0. The number of benzene rings is 2. The van der Waals surface area contributed by atoms with Gasteiger partial charge in [0.1, 0.15) is 11.5 Å². The number of piperazine rings is 1. The molecule has 138 valence electrons. The molecule has 0 radical (unpaired) electrons. The van der Waals surface area contributed by atoms with E-state index in [1.165, 1.54) is 0 Å². The zero-order chi connectivity index (χ0) is 18.5. The number of nitrogens with one attached hydrogen (secondary N) is 1. The Kier molecular flexibility index (Phi) is 6.01. The van der Waals surface area contributed by atoms with Gasteiger partial charge in [0.05, 0.1) is 26.7 Å². The van der Waals surface area contributed by atoms with Crippen LogP contribution in [0.1, 0.15) is 17.2 Å². The van der Waals surface area contributed by atoms with Gasteiger partial charge < -0.3 is 19.7 Å². The number of amides is 1. The summed E-state index contributed by atoms with van der Waals surface area (Å²) < 4.78 is 10.7. The average Bonchev–Trinajstić information content (AvgIpc) is 2.68. The highest BCUT2D eigenvalue weighted by Crippen LogP contribution is 2.30. The molecule has 2 aromatic carbocycles. The number of nitrogens with zero attached hydrogens (tertiary/aromatic N) is 1. The Morgan fingerprint density at radius 3 is 2.77 bits per heavy atom. The van der Waals surface area contributed by atoms with Crippen LogP contribution >= 0.6 is 11.6 Å². The Hall–Kier alpha value is -2.24. The van der Waals surface area contributed by atoms with Crippen molar-refractivity contribution in [1.29, 1.82) is 0 Å². The molecule has 0 saturated carbocycles. The van der Waals surface area contributed by atoms with Crippen molar-refractivity contribution in [2.75, 3.05) is 33.9 Å². The molecule has 1 saturated heterocycles. The first kappa shape index (κ1) is 18.5. The fraction of sp³-hybridized carbons (Fsp3) is 0.350. The summed E-state index contributed by atoms with van der Waals surface area (Å²) in [4.78, 5) is 15.0. The van der Waals surface area contributed by atoms with Gasteiger partial charge in [0.25, 0.3) is 0 Å². The molecular weight excluding hydrogens is 352 g/mol. The summed E-state index contributed by atoms with van der Waals surface area (Å²) in [5, 5.41) is 4.03. The molecule has 1 atom stereocenters. The Morgan fingerprint density at radius 1 is 1.23 bits per heavy atom. The number of carbonyl (C=O) groups is 1. The molecule has 0 spiro atoms. The van der Waals surface area contributed by atoms with Gasteiger partial charge in [-0.25, -0.2) is 0 Å². The van der Waals surface area contributed by atoms with Crippen molar-refractivity contribution in [2.45, 2.75) is 12.5 Å². The lowest BCUT2D eigenvalue weighted by atomic mass is 10.0. The van der Waals surface area contributed by atoms with Crippen molar-refractivity contribution in [1.82, 2.24) is 10.2 Å². The number of carbonyl (C=O) groups excluding carboxylic acids is 1. The fourth-order valence-corrected chi connectivity index (χ4v) is 3.57. The van der Waals surface area contributed by atoms with Crippen LogP contribution in [-0.2, 0) is 11.2 Å². The smallest absolute Gasteiger partial charge is 0.227 e. The van der Waals surface area contributed by atoms with E-state index in [9.17, 15) is 4.79 Å². The molecule has 1 amide bonds. The van der Waals surface area contributed by atoms with E-state index >= 15 is 0 Å². The van der Waals surface area contributed by atoms with Crippen LogP contribution in [0, 0.1) is 0 Å². The van der Waals surface area contributed by atoms with Crippen LogP contribution < -0.4 is 14.8 Å². The molecule has 26 heavy (non-hydrogen) atoms. The maximum absolute atomic E-state index is 13.1. The first-order chi connectivity index (χ1) is 12.6. The lowest BCUT2D eigenvalue weighted by Gasteiger charge is -2.37. The number of hydrogen-bond acceptors (Lipinski definition) is 4. The normalized spacial score (nSPS) is 17.0. The highest BCUT2D eigenvalue weighted by Gasteiger charge is 2.29. The Bertz CT molecular complexity index is 781. The second-order valence-corrected chi connectivity index (χ2v) is 6.59. The summed E-state index contributed by atoms with van der Waals surface area (Å²) in [5.41, 5.74) is 1.78. The van der Waals surface area contributed by atoms with Gasteiger partial charge in [-0.15, -0.1) is 0 Å². The van der Waals surface area contributed by atoms with Crippen molar-refractivity contribution in [3.8, 4) is 11.5 Å². The molecule has 5 nitrogen and oxygen atoms in total. The number of rotatable bonds is 5. The van der Waals surface area contributed by atoms with E-state index in [0.717, 1.165) is 17.7 Å². The topological polar surface area (TPSA) is 50.8 Å². The van der Waals surface area contributed by atoms with Crippen LogP contribution in [0.3, 0.4) is 0 Å². The van der Waals surface area contributed by atoms with Crippen molar-refractivity contribution >= 4 is 17.5 Å². The lowest BCUT2D eigenvalue weighted by Crippen LogP contribution is -2.49. The molecule has 0 aliphatic carbocycles. The molecule has 3 rings (SSSR count). The van der Waals surface area contributed by atoms with Crippen LogP contribution in [-0.4, -0.2) is 44.7 Å². The maximum Gasteiger partial charge on any atom is 0.227 e. The SMILES string of the molecule is COc1ccc(OC)c(CC(=O)N2CCNCC2c2ccccc2Cl)c1. The van der Waals surface area contributed by atoms with E-state index in [-0.39, 0.29) is 18.4 Å². The van der Waals surface area contributed by atoms with Gasteiger partial charge in [-0.1, -0.05) is 29.8 Å². The van der Waals surface area contributed by atoms with Gasteiger partial charge in [0, 0.05) is 30.2 Å². The van der Waals surface area contributed by atoms with E-state index in [2.05, 4.69) is 5.32 Å². The van der Waals surface area contributed by atoms with E-state index < -0.39 is 0 Å². The fourth-order valence-electron chi connectivity index (χ4n) is 3.31. The van der Waals surface area contributed by atoms with Gasteiger partial charge in [0.2, 0.25) is 5.91 Å². The molecule has 1 fully saturated rings. The van der Waals surface area contributed by atoms with Crippen LogP contribution in [0.2, 0.25) is 5.02 Å². The van der Waals surface area contributed by atoms with E-state index in [1.807, 2.05) is 47.4 Å². The number of halogens is 1. The molecule has 0 bridgehead atoms. The van der Waals surface area contributed by atoms with Crippen LogP contribution in [0.4, 0.5) is 0 Å². The molecule has 1 heterocycles. The minimum Gasteiger partial charge on any atom is -0.497 e. The van der Waals surface area contributed by atoms with Gasteiger partial charge >= 0.3 is 0 Å².